The molecule has 20 heavy (non-hydrogen) atoms. The molecule has 2 rings (SSSR count). The summed E-state index contributed by atoms with van der Waals surface area (Å²) in [7, 11) is 0. The zero-order chi connectivity index (χ0) is 14.5. The molecule has 2 aromatic rings. The Kier molecular flexibility index (Phi) is 3.96. The molecule has 0 aliphatic carbocycles. The Labute approximate surface area is 115 Å². The summed E-state index contributed by atoms with van der Waals surface area (Å²) in [6.07, 6.45) is 0. The van der Waals surface area contributed by atoms with Gasteiger partial charge in [-0.15, -0.1) is 0 Å². The number of rotatable bonds is 3. The van der Waals surface area contributed by atoms with Crippen LogP contribution >= 0.6 is 0 Å². The Hall–Kier alpha value is -2.87. The fourth-order valence-electron chi connectivity index (χ4n) is 1.87. The maximum atomic E-state index is 11.8. The van der Waals surface area contributed by atoms with Crippen molar-refractivity contribution in [3.05, 3.63) is 57.9 Å². The molecule has 1 aromatic heterocycles. The molecule has 0 spiro atoms. The maximum Gasteiger partial charge on any atom is 0.339 e. The highest BCUT2D eigenvalue weighted by Gasteiger charge is 2.18. The van der Waals surface area contributed by atoms with Gasteiger partial charge in [-0.2, -0.15) is 5.26 Å². The first-order chi connectivity index (χ1) is 9.67. The molecule has 0 fully saturated rings. The molecule has 100 valence electrons. The first-order valence-corrected chi connectivity index (χ1v) is 6.07. The van der Waals surface area contributed by atoms with Gasteiger partial charge < -0.3 is 9.72 Å². The topological polar surface area (TPSA) is 83.0 Å². The molecule has 0 bridgehead atoms. The number of nitrogens with zero attached hydrogens (tertiary/aromatic N) is 1. The summed E-state index contributed by atoms with van der Waals surface area (Å²) in [4.78, 5) is 26.1. The van der Waals surface area contributed by atoms with Crippen LogP contribution in [0.4, 0.5) is 0 Å². The molecular formula is C15H12N2O3. The number of benzene rings is 1. The number of nitriles is 1. The largest absolute Gasteiger partial charge is 0.462 e. The van der Waals surface area contributed by atoms with Gasteiger partial charge in [-0.05, 0) is 12.5 Å². The Morgan fingerprint density at radius 1 is 1.35 bits per heavy atom. The van der Waals surface area contributed by atoms with E-state index in [1.54, 1.807) is 31.2 Å². The van der Waals surface area contributed by atoms with Gasteiger partial charge in [0.25, 0.3) is 0 Å². The third kappa shape index (κ3) is 2.59. The van der Waals surface area contributed by atoms with E-state index in [1.807, 2.05) is 12.1 Å². The highest BCUT2D eigenvalue weighted by molar-refractivity contribution is 5.94. The van der Waals surface area contributed by atoms with Crippen LogP contribution in [0.25, 0.3) is 11.3 Å². The van der Waals surface area contributed by atoms with Crippen LogP contribution in [0.15, 0.2) is 41.2 Å². The highest BCUT2D eigenvalue weighted by Crippen LogP contribution is 2.22. The normalized spacial score (nSPS) is 9.80. The molecular weight excluding hydrogens is 256 g/mol. The summed E-state index contributed by atoms with van der Waals surface area (Å²) < 4.78 is 4.87. The second-order valence-electron chi connectivity index (χ2n) is 4.00. The third-order valence-electron chi connectivity index (χ3n) is 2.71. The van der Waals surface area contributed by atoms with Crippen molar-refractivity contribution in [1.82, 2.24) is 4.98 Å². The van der Waals surface area contributed by atoms with Gasteiger partial charge in [0.15, 0.2) is 0 Å². The Balaban J connectivity index is 2.68. The number of aromatic nitrogens is 1. The van der Waals surface area contributed by atoms with Crippen molar-refractivity contribution in [1.29, 1.82) is 5.26 Å². The van der Waals surface area contributed by atoms with Crippen molar-refractivity contribution in [3.8, 4) is 17.3 Å². The van der Waals surface area contributed by atoms with Crippen molar-refractivity contribution in [2.45, 2.75) is 6.92 Å². The van der Waals surface area contributed by atoms with Crippen LogP contribution in [-0.4, -0.2) is 17.6 Å². The number of H-pyrrole nitrogens is 1. The van der Waals surface area contributed by atoms with Crippen LogP contribution < -0.4 is 5.56 Å². The number of carbonyl (C=O) groups excluding carboxylic acids is 1. The fraction of sp³-hybridized carbons (Fsp3) is 0.133. The van der Waals surface area contributed by atoms with Crippen LogP contribution in [0.2, 0.25) is 0 Å². The molecule has 1 aromatic carbocycles. The quantitative estimate of drug-likeness (QED) is 0.864. The summed E-state index contributed by atoms with van der Waals surface area (Å²) in [5.74, 6) is -0.674. The second kappa shape index (κ2) is 5.85. The van der Waals surface area contributed by atoms with Gasteiger partial charge in [0, 0.05) is 6.07 Å². The minimum absolute atomic E-state index is 0.0167. The Bertz CT molecular complexity index is 727. The second-order valence-corrected chi connectivity index (χ2v) is 4.00. The minimum Gasteiger partial charge on any atom is -0.462 e. The van der Waals surface area contributed by atoms with E-state index in [-0.39, 0.29) is 17.7 Å². The Morgan fingerprint density at radius 3 is 2.65 bits per heavy atom. The zero-order valence-corrected chi connectivity index (χ0v) is 10.8. The van der Waals surface area contributed by atoms with E-state index >= 15 is 0 Å². The van der Waals surface area contributed by atoms with Crippen molar-refractivity contribution in [3.63, 3.8) is 0 Å². The number of carbonyl (C=O) groups is 1. The number of ether oxygens (including phenoxy) is 1. The van der Waals surface area contributed by atoms with Crippen molar-refractivity contribution < 1.29 is 9.53 Å². The van der Waals surface area contributed by atoms with Crippen molar-refractivity contribution in [2.24, 2.45) is 0 Å². The summed E-state index contributed by atoms with van der Waals surface area (Å²) in [6.45, 7) is 1.84. The fourth-order valence-corrected chi connectivity index (χ4v) is 1.87. The average Bonchev–Trinajstić information content (AvgIpc) is 2.47. The Morgan fingerprint density at radius 2 is 2.05 bits per heavy atom. The van der Waals surface area contributed by atoms with Crippen molar-refractivity contribution >= 4 is 5.97 Å². The molecule has 0 radical (unpaired) electrons. The summed E-state index contributed by atoms with van der Waals surface area (Å²) >= 11 is 0. The molecule has 0 amide bonds. The van der Waals surface area contributed by atoms with E-state index in [0.717, 1.165) is 6.07 Å². The van der Waals surface area contributed by atoms with Gasteiger partial charge in [-0.25, -0.2) is 4.79 Å². The minimum atomic E-state index is -0.674. The van der Waals surface area contributed by atoms with E-state index < -0.39 is 11.5 Å². The standard InChI is InChI=1S/C15H12N2O3/c1-2-20-15(19)11-8-13(18)17-14(12(11)9-16)10-6-4-3-5-7-10/h3-8H,2H2,1H3,(H,17,18). The number of esters is 1. The smallest absolute Gasteiger partial charge is 0.339 e. The van der Waals surface area contributed by atoms with Crippen LogP contribution in [0.5, 0.6) is 0 Å². The average molecular weight is 268 g/mol. The number of hydrogen-bond donors (Lipinski definition) is 1. The lowest BCUT2D eigenvalue weighted by molar-refractivity contribution is 0.0526. The molecule has 0 aliphatic heterocycles. The molecule has 1 heterocycles. The predicted molar refractivity (Wildman–Crippen MR) is 73.2 cm³/mol. The third-order valence-corrected chi connectivity index (χ3v) is 2.71. The predicted octanol–water partition coefficient (Wildman–Crippen LogP) is 2.09. The van der Waals surface area contributed by atoms with E-state index in [0.29, 0.717) is 11.3 Å². The molecule has 0 aliphatic rings. The zero-order valence-electron chi connectivity index (χ0n) is 10.8. The van der Waals surface area contributed by atoms with E-state index in [4.69, 9.17) is 4.74 Å². The van der Waals surface area contributed by atoms with E-state index in [2.05, 4.69) is 4.98 Å². The number of aromatic amines is 1. The van der Waals surface area contributed by atoms with Crippen molar-refractivity contribution in [2.75, 3.05) is 6.61 Å². The molecule has 0 unspecified atom stereocenters. The lowest BCUT2D eigenvalue weighted by Gasteiger charge is -2.08. The van der Waals surface area contributed by atoms with Gasteiger partial charge in [0.05, 0.1) is 23.4 Å². The van der Waals surface area contributed by atoms with Gasteiger partial charge in [-0.1, -0.05) is 30.3 Å². The van der Waals surface area contributed by atoms with Gasteiger partial charge >= 0.3 is 5.97 Å². The SMILES string of the molecule is CCOC(=O)c1cc(=O)[nH]c(-c2ccccc2)c1C#N. The lowest BCUT2D eigenvalue weighted by Crippen LogP contribution is -2.16. The summed E-state index contributed by atoms with van der Waals surface area (Å²) in [5.41, 5.74) is 0.619. The molecule has 0 saturated carbocycles. The monoisotopic (exact) mass is 268 g/mol. The van der Waals surface area contributed by atoms with E-state index in [1.165, 1.54) is 0 Å². The van der Waals surface area contributed by atoms with Crippen LogP contribution in [-0.2, 0) is 4.74 Å². The maximum absolute atomic E-state index is 11.8. The lowest BCUT2D eigenvalue weighted by atomic mass is 10.0. The first kappa shape index (κ1) is 13.6. The molecule has 0 atom stereocenters. The van der Waals surface area contributed by atoms with Crippen LogP contribution in [0, 0.1) is 11.3 Å². The van der Waals surface area contributed by atoms with Crippen LogP contribution in [0.1, 0.15) is 22.8 Å². The van der Waals surface area contributed by atoms with E-state index in [9.17, 15) is 14.9 Å². The number of pyridine rings is 1. The summed E-state index contributed by atoms with van der Waals surface area (Å²) in [5, 5.41) is 9.29. The molecule has 5 nitrogen and oxygen atoms in total. The number of hydrogen-bond acceptors (Lipinski definition) is 4. The number of nitrogens with one attached hydrogen (secondary N) is 1. The molecule has 0 saturated heterocycles. The van der Waals surface area contributed by atoms with Gasteiger partial charge in [0.2, 0.25) is 5.56 Å². The first-order valence-electron chi connectivity index (χ1n) is 6.07. The van der Waals surface area contributed by atoms with Crippen LogP contribution in [0.3, 0.4) is 0 Å². The molecule has 5 heteroatoms. The highest BCUT2D eigenvalue weighted by atomic mass is 16.5. The summed E-state index contributed by atoms with van der Waals surface area (Å²) in [6, 6.07) is 11.9. The molecule has 1 N–H and O–H groups in total. The van der Waals surface area contributed by atoms with Gasteiger partial charge in [-0.3, -0.25) is 4.79 Å². The van der Waals surface area contributed by atoms with Gasteiger partial charge in [0.1, 0.15) is 6.07 Å².